The first-order valence-corrected chi connectivity index (χ1v) is 12.1. The van der Waals surface area contributed by atoms with E-state index in [2.05, 4.69) is 35.8 Å². The molecule has 2 fully saturated rings. The summed E-state index contributed by atoms with van der Waals surface area (Å²) < 4.78 is 27.7. The van der Waals surface area contributed by atoms with Crippen LogP contribution in [0.25, 0.3) is 0 Å². The standard InChI is InChI=1S/C25H36FN5O3/c1-20(2)31-22(8-9-27-31)17-29-14-15-34-25(18-29,19-33-23-6-4-21(26)5-7-23)16-24(32)30-12-10-28(3)11-13-30/h4-9,20H,10-19H2,1-3H3/t25-/m0/s1. The fraction of sp³-hybridized carbons (Fsp3) is 0.600. The molecule has 2 aromatic rings. The molecule has 2 aliphatic heterocycles. The summed E-state index contributed by atoms with van der Waals surface area (Å²) in [6, 6.07) is 8.27. The first kappa shape index (κ1) is 24.6. The molecule has 0 unspecified atom stereocenters. The molecule has 2 aliphatic rings. The Balaban J connectivity index is 1.49. The van der Waals surface area contributed by atoms with Crippen LogP contribution in [0.15, 0.2) is 36.5 Å². The maximum Gasteiger partial charge on any atom is 0.225 e. The molecule has 0 N–H and O–H groups in total. The summed E-state index contributed by atoms with van der Waals surface area (Å²) >= 11 is 0. The fourth-order valence-corrected chi connectivity index (χ4v) is 4.65. The first-order chi connectivity index (χ1) is 16.3. The quantitative estimate of drug-likeness (QED) is 0.587. The summed E-state index contributed by atoms with van der Waals surface area (Å²) in [5.41, 5.74) is 0.353. The molecule has 0 aliphatic carbocycles. The number of carbonyl (C=O) groups excluding carboxylic acids is 1. The number of hydrogen-bond acceptors (Lipinski definition) is 6. The van der Waals surface area contributed by atoms with Crippen molar-refractivity contribution in [3.05, 3.63) is 48.0 Å². The van der Waals surface area contributed by atoms with Gasteiger partial charge in [0.25, 0.3) is 0 Å². The number of carbonyl (C=O) groups is 1. The third-order valence-electron chi connectivity index (χ3n) is 6.60. The predicted molar refractivity (Wildman–Crippen MR) is 127 cm³/mol. The molecule has 186 valence electrons. The van der Waals surface area contributed by atoms with E-state index in [0.717, 1.165) is 45.0 Å². The van der Waals surface area contributed by atoms with Crippen LogP contribution in [0.4, 0.5) is 4.39 Å². The zero-order chi connectivity index (χ0) is 24.1. The number of nitrogens with zero attached hydrogens (tertiary/aromatic N) is 5. The van der Waals surface area contributed by atoms with Crippen LogP contribution < -0.4 is 4.74 Å². The summed E-state index contributed by atoms with van der Waals surface area (Å²) in [7, 11) is 2.07. The molecule has 1 aromatic carbocycles. The highest BCUT2D eigenvalue weighted by Crippen LogP contribution is 2.27. The molecule has 4 rings (SSSR count). The van der Waals surface area contributed by atoms with Gasteiger partial charge in [0.1, 0.15) is 23.8 Å². The van der Waals surface area contributed by atoms with E-state index in [-0.39, 0.29) is 30.8 Å². The third-order valence-corrected chi connectivity index (χ3v) is 6.60. The minimum absolute atomic E-state index is 0.0879. The average molecular weight is 474 g/mol. The second-order valence-electron chi connectivity index (χ2n) is 9.71. The van der Waals surface area contributed by atoms with E-state index in [9.17, 15) is 9.18 Å². The summed E-state index contributed by atoms with van der Waals surface area (Å²) in [6.45, 7) is 10.2. The number of piperazine rings is 1. The Hall–Kier alpha value is -2.49. The second-order valence-corrected chi connectivity index (χ2v) is 9.71. The Bertz CT molecular complexity index is 942. The van der Waals surface area contributed by atoms with Crippen molar-refractivity contribution >= 4 is 5.91 Å². The number of morpholine rings is 1. The molecule has 1 aromatic heterocycles. The third kappa shape index (κ3) is 6.14. The highest BCUT2D eigenvalue weighted by atomic mass is 19.1. The van der Waals surface area contributed by atoms with Crippen LogP contribution in [0.5, 0.6) is 5.75 Å². The van der Waals surface area contributed by atoms with E-state index in [0.29, 0.717) is 18.9 Å². The van der Waals surface area contributed by atoms with Gasteiger partial charge in [-0.25, -0.2) is 4.39 Å². The normalized spacial score (nSPS) is 22.3. The summed E-state index contributed by atoms with van der Waals surface area (Å²) in [4.78, 5) is 19.8. The molecule has 0 bridgehead atoms. The number of ether oxygens (including phenoxy) is 2. The Morgan fingerprint density at radius 2 is 1.88 bits per heavy atom. The lowest BCUT2D eigenvalue weighted by Crippen LogP contribution is -2.58. The molecular weight excluding hydrogens is 437 g/mol. The molecule has 9 heteroatoms. The van der Waals surface area contributed by atoms with E-state index in [1.54, 1.807) is 12.1 Å². The van der Waals surface area contributed by atoms with Crippen molar-refractivity contribution in [3.8, 4) is 5.75 Å². The van der Waals surface area contributed by atoms with Gasteiger partial charge in [-0.2, -0.15) is 5.10 Å². The second kappa shape index (κ2) is 10.8. The molecule has 1 atom stereocenters. The van der Waals surface area contributed by atoms with Crippen LogP contribution in [0, 0.1) is 5.82 Å². The minimum atomic E-state index is -0.782. The van der Waals surface area contributed by atoms with Gasteiger partial charge in [0.05, 0.1) is 18.7 Å². The Kier molecular flexibility index (Phi) is 7.85. The van der Waals surface area contributed by atoms with Gasteiger partial charge in [-0.3, -0.25) is 14.4 Å². The molecule has 3 heterocycles. The van der Waals surface area contributed by atoms with Gasteiger partial charge < -0.3 is 19.3 Å². The van der Waals surface area contributed by atoms with Crippen molar-refractivity contribution < 1.29 is 18.7 Å². The summed E-state index contributed by atoms with van der Waals surface area (Å²) in [6.07, 6.45) is 2.08. The lowest BCUT2D eigenvalue weighted by Gasteiger charge is -2.43. The zero-order valence-corrected chi connectivity index (χ0v) is 20.5. The van der Waals surface area contributed by atoms with Crippen molar-refractivity contribution in [2.24, 2.45) is 0 Å². The summed E-state index contributed by atoms with van der Waals surface area (Å²) in [5, 5.41) is 4.45. The fourth-order valence-electron chi connectivity index (χ4n) is 4.65. The smallest absolute Gasteiger partial charge is 0.225 e. The number of hydrogen-bond donors (Lipinski definition) is 0. The largest absolute Gasteiger partial charge is 0.491 e. The number of likely N-dealkylation sites (N-methyl/N-ethyl adjacent to an activating group) is 1. The molecule has 8 nitrogen and oxygen atoms in total. The van der Waals surface area contributed by atoms with Crippen molar-refractivity contribution in [2.75, 3.05) is 59.5 Å². The van der Waals surface area contributed by atoms with Crippen LogP contribution in [-0.4, -0.2) is 95.5 Å². The van der Waals surface area contributed by atoms with Crippen molar-refractivity contribution in [3.63, 3.8) is 0 Å². The van der Waals surface area contributed by atoms with Crippen LogP contribution in [-0.2, 0) is 16.1 Å². The number of halogens is 1. The van der Waals surface area contributed by atoms with Crippen molar-refractivity contribution in [1.29, 1.82) is 0 Å². The molecular formula is C25H36FN5O3. The van der Waals surface area contributed by atoms with Gasteiger partial charge in [-0.05, 0) is 51.2 Å². The molecule has 34 heavy (non-hydrogen) atoms. The molecule has 0 saturated carbocycles. The van der Waals surface area contributed by atoms with Crippen molar-refractivity contribution in [1.82, 2.24) is 24.5 Å². The van der Waals surface area contributed by atoms with Gasteiger partial charge in [0.2, 0.25) is 5.91 Å². The highest BCUT2D eigenvalue weighted by molar-refractivity contribution is 5.77. The maximum absolute atomic E-state index is 13.3. The van der Waals surface area contributed by atoms with Crippen LogP contribution in [0.3, 0.4) is 0 Å². The Morgan fingerprint density at radius 1 is 1.15 bits per heavy atom. The molecule has 0 spiro atoms. The Labute approximate surface area is 201 Å². The van der Waals surface area contributed by atoms with Gasteiger partial charge in [-0.15, -0.1) is 0 Å². The van der Waals surface area contributed by atoms with Gasteiger partial charge in [0, 0.05) is 58.1 Å². The number of rotatable bonds is 8. The molecule has 0 radical (unpaired) electrons. The zero-order valence-electron chi connectivity index (χ0n) is 20.5. The SMILES string of the molecule is CC(C)n1nccc1CN1CCO[C@@](COc2ccc(F)cc2)(CC(=O)N2CCN(C)CC2)C1. The average Bonchev–Trinajstić information content (AvgIpc) is 3.28. The van der Waals surface area contributed by atoms with Gasteiger partial charge in [-0.1, -0.05) is 0 Å². The van der Waals surface area contributed by atoms with Gasteiger partial charge in [0.15, 0.2) is 0 Å². The van der Waals surface area contributed by atoms with Gasteiger partial charge >= 0.3 is 0 Å². The Morgan fingerprint density at radius 3 is 2.59 bits per heavy atom. The molecule has 1 amide bonds. The summed E-state index contributed by atoms with van der Waals surface area (Å²) in [5.74, 6) is 0.338. The van der Waals surface area contributed by atoms with E-state index >= 15 is 0 Å². The lowest BCUT2D eigenvalue weighted by atomic mass is 9.96. The minimum Gasteiger partial charge on any atom is -0.491 e. The van der Waals surface area contributed by atoms with E-state index < -0.39 is 5.60 Å². The topological polar surface area (TPSA) is 63.1 Å². The highest BCUT2D eigenvalue weighted by Gasteiger charge is 2.41. The van der Waals surface area contributed by atoms with E-state index in [1.807, 2.05) is 21.8 Å². The maximum atomic E-state index is 13.3. The number of benzene rings is 1. The van der Waals surface area contributed by atoms with Crippen molar-refractivity contribution in [2.45, 2.75) is 38.5 Å². The first-order valence-electron chi connectivity index (χ1n) is 12.1. The van der Waals surface area contributed by atoms with Crippen LogP contribution in [0.1, 0.15) is 32.0 Å². The predicted octanol–water partition coefficient (Wildman–Crippen LogP) is 2.42. The van der Waals surface area contributed by atoms with Crippen LogP contribution >= 0.6 is 0 Å². The van der Waals surface area contributed by atoms with E-state index in [1.165, 1.54) is 12.1 Å². The lowest BCUT2D eigenvalue weighted by molar-refractivity contribution is -0.158. The number of aromatic nitrogens is 2. The van der Waals surface area contributed by atoms with E-state index in [4.69, 9.17) is 9.47 Å². The van der Waals surface area contributed by atoms with Crippen LogP contribution in [0.2, 0.25) is 0 Å². The molecule has 2 saturated heterocycles. The monoisotopic (exact) mass is 473 g/mol. The number of amides is 1.